The molecule has 1 aliphatic carbocycles. The number of hydrogen-bond donors (Lipinski definition) is 1. The molecule has 1 aromatic carbocycles. The molecular formula is C15H18F3N. The second kappa shape index (κ2) is 5.78. The molecule has 1 aliphatic rings. The highest BCUT2D eigenvalue weighted by atomic mass is 19.4. The molecule has 0 heterocycles. The average molecular weight is 269 g/mol. The first-order chi connectivity index (χ1) is 9.00. The van der Waals surface area contributed by atoms with Gasteiger partial charge in [-0.15, -0.1) is 0 Å². The second-order valence-electron chi connectivity index (χ2n) is 4.90. The molecular weight excluding hydrogens is 251 g/mol. The smallest absolute Gasteiger partial charge is 0.310 e. The van der Waals surface area contributed by atoms with Crippen LogP contribution in [0, 0.1) is 0 Å². The first kappa shape index (κ1) is 14.1. The molecule has 0 radical (unpaired) electrons. The zero-order valence-electron chi connectivity index (χ0n) is 10.9. The third kappa shape index (κ3) is 4.10. The van der Waals surface area contributed by atoms with Gasteiger partial charge in [-0.1, -0.05) is 36.8 Å². The Hall–Kier alpha value is -1.29. The van der Waals surface area contributed by atoms with Gasteiger partial charge in [0, 0.05) is 12.6 Å². The van der Waals surface area contributed by atoms with Crippen LogP contribution >= 0.6 is 0 Å². The highest BCUT2D eigenvalue weighted by Gasteiger charge is 2.32. The molecule has 4 heteroatoms. The largest absolute Gasteiger partial charge is 0.416 e. The Kier molecular flexibility index (Phi) is 4.30. The van der Waals surface area contributed by atoms with Crippen molar-refractivity contribution in [1.29, 1.82) is 0 Å². The summed E-state index contributed by atoms with van der Waals surface area (Å²) in [5.41, 5.74) is 0.695. The van der Waals surface area contributed by atoms with Crippen LogP contribution in [-0.4, -0.2) is 12.6 Å². The van der Waals surface area contributed by atoms with Crippen LogP contribution in [0.2, 0.25) is 0 Å². The van der Waals surface area contributed by atoms with E-state index >= 15 is 0 Å². The summed E-state index contributed by atoms with van der Waals surface area (Å²) in [5.74, 6) is 0. The van der Waals surface area contributed by atoms with Crippen LogP contribution in [0.25, 0.3) is 6.08 Å². The molecule has 0 amide bonds. The summed E-state index contributed by atoms with van der Waals surface area (Å²) in [7, 11) is 0. The molecule has 1 nitrogen and oxygen atoms in total. The van der Waals surface area contributed by atoms with E-state index in [1.807, 2.05) is 6.92 Å². The van der Waals surface area contributed by atoms with Crippen LogP contribution in [0.4, 0.5) is 13.2 Å². The molecule has 0 aliphatic heterocycles. The van der Waals surface area contributed by atoms with Crippen molar-refractivity contribution >= 4 is 6.08 Å². The van der Waals surface area contributed by atoms with Crippen molar-refractivity contribution in [3.05, 3.63) is 41.0 Å². The molecule has 0 aromatic heterocycles. The van der Waals surface area contributed by atoms with E-state index in [9.17, 15) is 13.2 Å². The van der Waals surface area contributed by atoms with E-state index in [2.05, 4.69) is 5.32 Å². The maximum atomic E-state index is 12.9. The predicted octanol–water partition coefficient (Wildman–Crippen LogP) is 4.25. The molecule has 0 atom stereocenters. The van der Waals surface area contributed by atoms with Crippen LogP contribution in [0.1, 0.15) is 37.3 Å². The zero-order chi connectivity index (χ0) is 13.9. The third-order valence-electron chi connectivity index (χ3n) is 3.28. The number of alkyl halides is 3. The molecule has 1 saturated carbocycles. The van der Waals surface area contributed by atoms with Gasteiger partial charge in [-0.25, -0.2) is 0 Å². The normalized spacial score (nSPS) is 16.7. The SMILES string of the molecule is CCC(=Cc1ccccc1C(F)(F)F)CNC1CC1. The summed E-state index contributed by atoms with van der Waals surface area (Å²) in [6, 6.07) is 6.28. The lowest BCUT2D eigenvalue weighted by molar-refractivity contribution is -0.137. The van der Waals surface area contributed by atoms with E-state index in [0.717, 1.165) is 18.1 Å². The summed E-state index contributed by atoms with van der Waals surface area (Å²) in [6.45, 7) is 2.64. The van der Waals surface area contributed by atoms with E-state index in [1.165, 1.54) is 25.0 Å². The highest BCUT2D eigenvalue weighted by Crippen LogP contribution is 2.33. The van der Waals surface area contributed by atoms with Crippen molar-refractivity contribution < 1.29 is 13.2 Å². The Morgan fingerprint density at radius 3 is 2.58 bits per heavy atom. The minimum absolute atomic E-state index is 0.254. The van der Waals surface area contributed by atoms with Gasteiger partial charge in [-0.2, -0.15) is 13.2 Å². The maximum absolute atomic E-state index is 12.9. The fraction of sp³-hybridized carbons (Fsp3) is 0.467. The van der Waals surface area contributed by atoms with Crippen molar-refractivity contribution in [2.45, 2.75) is 38.4 Å². The molecule has 104 valence electrons. The average Bonchev–Trinajstić information content (AvgIpc) is 3.17. The van der Waals surface area contributed by atoms with Crippen molar-refractivity contribution in [1.82, 2.24) is 5.32 Å². The number of hydrogen-bond acceptors (Lipinski definition) is 1. The fourth-order valence-electron chi connectivity index (χ4n) is 1.94. The molecule has 2 rings (SSSR count). The van der Waals surface area contributed by atoms with Gasteiger partial charge in [-0.3, -0.25) is 0 Å². The van der Waals surface area contributed by atoms with Crippen LogP contribution in [0.15, 0.2) is 29.8 Å². The standard InChI is InChI=1S/C15H18F3N/c1-2-11(10-19-13-7-8-13)9-12-5-3-4-6-14(12)15(16,17)18/h3-6,9,13,19H,2,7-8,10H2,1H3. The Labute approximate surface area is 111 Å². The van der Waals surface area contributed by atoms with Crippen molar-refractivity contribution in [2.75, 3.05) is 6.54 Å². The van der Waals surface area contributed by atoms with Crippen molar-refractivity contribution in [2.24, 2.45) is 0 Å². The molecule has 0 spiro atoms. The monoisotopic (exact) mass is 269 g/mol. The third-order valence-corrected chi connectivity index (χ3v) is 3.28. The quantitative estimate of drug-likeness (QED) is 0.842. The van der Waals surface area contributed by atoms with Crippen LogP contribution < -0.4 is 5.32 Å². The van der Waals surface area contributed by atoms with Crippen LogP contribution in [0.5, 0.6) is 0 Å². The van der Waals surface area contributed by atoms with E-state index in [1.54, 1.807) is 12.1 Å². The Morgan fingerprint density at radius 2 is 2.00 bits per heavy atom. The first-order valence-corrected chi connectivity index (χ1v) is 6.59. The van der Waals surface area contributed by atoms with E-state index < -0.39 is 11.7 Å². The highest BCUT2D eigenvalue weighted by molar-refractivity contribution is 5.57. The lowest BCUT2D eigenvalue weighted by Gasteiger charge is -2.12. The maximum Gasteiger partial charge on any atom is 0.416 e. The van der Waals surface area contributed by atoms with E-state index in [0.29, 0.717) is 12.6 Å². The zero-order valence-corrected chi connectivity index (χ0v) is 10.9. The molecule has 19 heavy (non-hydrogen) atoms. The number of rotatable bonds is 5. The second-order valence-corrected chi connectivity index (χ2v) is 4.90. The van der Waals surface area contributed by atoms with Crippen LogP contribution in [-0.2, 0) is 6.18 Å². The van der Waals surface area contributed by atoms with Gasteiger partial charge < -0.3 is 5.32 Å². The number of nitrogens with one attached hydrogen (secondary N) is 1. The molecule has 0 saturated heterocycles. The molecule has 1 aromatic rings. The van der Waals surface area contributed by atoms with Gasteiger partial charge in [0.2, 0.25) is 0 Å². The van der Waals surface area contributed by atoms with Gasteiger partial charge in [0.15, 0.2) is 0 Å². The fourth-order valence-corrected chi connectivity index (χ4v) is 1.94. The summed E-state index contributed by atoms with van der Waals surface area (Å²) in [4.78, 5) is 0. The van der Waals surface area contributed by atoms with Crippen molar-refractivity contribution in [3.63, 3.8) is 0 Å². The van der Waals surface area contributed by atoms with E-state index in [4.69, 9.17) is 0 Å². The Bertz CT molecular complexity index is 459. The van der Waals surface area contributed by atoms with Gasteiger partial charge >= 0.3 is 6.18 Å². The topological polar surface area (TPSA) is 12.0 Å². The molecule has 0 bridgehead atoms. The summed E-state index contributed by atoms with van der Waals surface area (Å²) in [5, 5.41) is 3.34. The minimum atomic E-state index is -4.30. The van der Waals surface area contributed by atoms with Gasteiger partial charge in [0.1, 0.15) is 0 Å². The predicted molar refractivity (Wildman–Crippen MR) is 70.7 cm³/mol. The Morgan fingerprint density at radius 1 is 1.32 bits per heavy atom. The number of benzene rings is 1. The van der Waals surface area contributed by atoms with Gasteiger partial charge in [0.05, 0.1) is 5.56 Å². The lowest BCUT2D eigenvalue weighted by Crippen LogP contribution is -2.19. The van der Waals surface area contributed by atoms with Gasteiger partial charge in [-0.05, 0) is 30.9 Å². The summed E-state index contributed by atoms with van der Waals surface area (Å²) in [6.07, 6.45) is 0.478. The lowest BCUT2D eigenvalue weighted by atomic mass is 10.0. The van der Waals surface area contributed by atoms with Crippen molar-refractivity contribution in [3.8, 4) is 0 Å². The summed E-state index contributed by atoms with van der Waals surface area (Å²) < 4.78 is 38.6. The first-order valence-electron chi connectivity index (χ1n) is 6.59. The molecule has 1 fully saturated rings. The molecule has 0 unspecified atom stereocenters. The minimum Gasteiger partial charge on any atom is -0.310 e. The van der Waals surface area contributed by atoms with Gasteiger partial charge in [0.25, 0.3) is 0 Å². The van der Waals surface area contributed by atoms with Crippen LogP contribution in [0.3, 0.4) is 0 Å². The Balaban J connectivity index is 2.18. The summed E-state index contributed by atoms with van der Waals surface area (Å²) >= 11 is 0. The van der Waals surface area contributed by atoms with E-state index in [-0.39, 0.29) is 5.56 Å². The number of halogens is 3. The molecule has 1 N–H and O–H groups in total.